The van der Waals surface area contributed by atoms with Gasteiger partial charge >= 0.3 is 0 Å². The molecule has 1 N–H and O–H groups in total. The second kappa shape index (κ2) is 10.5. The van der Waals surface area contributed by atoms with Crippen LogP contribution in [0.5, 0.6) is 0 Å². The number of aryl methyl sites for hydroxylation is 1. The monoisotopic (exact) mass is 492 g/mol. The Hall–Kier alpha value is -3.36. The first kappa shape index (κ1) is 24.8. The Morgan fingerprint density at radius 3 is 2.20 bits per heavy atom. The number of rotatable bonds is 7. The van der Waals surface area contributed by atoms with Crippen LogP contribution in [-0.2, 0) is 10.0 Å². The number of amides is 1. The Morgan fingerprint density at radius 1 is 0.943 bits per heavy atom. The molecule has 0 radical (unpaired) electrons. The lowest BCUT2D eigenvalue weighted by Gasteiger charge is -2.34. The van der Waals surface area contributed by atoms with E-state index in [1.807, 2.05) is 25.1 Å². The number of nitrogens with zero attached hydrogens (tertiary/aromatic N) is 3. The van der Waals surface area contributed by atoms with Gasteiger partial charge in [-0.15, -0.1) is 0 Å². The van der Waals surface area contributed by atoms with Crippen LogP contribution in [0.1, 0.15) is 22.8 Å². The molecule has 0 aliphatic carbocycles. The standard InChI is InChI=1S/C27H32N4O3S/c1-4-31(23-8-6-5-7-9-23)35(33,34)25-13-10-22(11-14-25)27(32)28-26-15-12-24(20-21(26)2)30-18-16-29(3)17-19-30/h5-15,20H,4,16-19H2,1-3H3,(H,28,32). The highest BCUT2D eigenvalue weighted by Gasteiger charge is 2.24. The minimum absolute atomic E-state index is 0.146. The highest BCUT2D eigenvalue weighted by Crippen LogP contribution is 2.26. The molecular formula is C27H32N4O3S. The van der Waals surface area contributed by atoms with E-state index < -0.39 is 10.0 Å². The summed E-state index contributed by atoms with van der Waals surface area (Å²) in [5.74, 6) is -0.278. The molecule has 3 aromatic rings. The number of likely N-dealkylation sites (N-methyl/N-ethyl adjacent to an activating group) is 1. The third-order valence-electron chi connectivity index (χ3n) is 6.36. The molecular weight excluding hydrogens is 460 g/mol. The van der Waals surface area contributed by atoms with E-state index in [0.717, 1.165) is 43.1 Å². The van der Waals surface area contributed by atoms with E-state index in [2.05, 4.69) is 28.2 Å². The minimum atomic E-state index is -3.74. The first-order chi connectivity index (χ1) is 16.8. The quantitative estimate of drug-likeness (QED) is 0.535. The molecule has 0 spiro atoms. The number of benzene rings is 3. The van der Waals surface area contributed by atoms with Crippen LogP contribution in [0, 0.1) is 6.92 Å². The second-order valence-corrected chi connectivity index (χ2v) is 10.6. The molecule has 8 heteroatoms. The number of sulfonamides is 1. The Bertz CT molecular complexity index is 1270. The van der Waals surface area contributed by atoms with Crippen LogP contribution in [0.2, 0.25) is 0 Å². The Kier molecular flexibility index (Phi) is 7.42. The fourth-order valence-electron chi connectivity index (χ4n) is 4.24. The molecule has 1 fully saturated rings. The molecule has 3 aromatic carbocycles. The van der Waals surface area contributed by atoms with E-state index in [1.54, 1.807) is 43.3 Å². The van der Waals surface area contributed by atoms with Crippen LogP contribution in [0.25, 0.3) is 0 Å². The SMILES string of the molecule is CCN(c1ccccc1)S(=O)(=O)c1ccc(C(=O)Nc2ccc(N3CCN(C)CC3)cc2C)cc1. The average Bonchev–Trinajstić information content (AvgIpc) is 2.87. The van der Waals surface area contributed by atoms with E-state index in [-0.39, 0.29) is 10.8 Å². The summed E-state index contributed by atoms with van der Waals surface area (Å²) in [5.41, 5.74) is 3.88. The minimum Gasteiger partial charge on any atom is -0.369 e. The van der Waals surface area contributed by atoms with Crippen molar-refractivity contribution in [2.24, 2.45) is 0 Å². The molecule has 1 aliphatic heterocycles. The molecule has 7 nitrogen and oxygen atoms in total. The molecule has 1 heterocycles. The Balaban J connectivity index is 1.46. The summed E-state index contributed by atoms with van der Waals surface area (Å²) < 4.78 is 27.7. The van der Waals surface area contributed by atoms with Gasteiger partial charge in [-0.05, 0) is 81.1 Å². The molecule has 1 aliphatic rings. The summed E-state index contributed by atoms with van der Waals surface area (Å²) >= 11 is 0. The first-order valence-electron chi connectivity index (χ1n) is 11.8. The predicted octanol–water partition coefficient (Wildman–Crippen LogP) is 4.21. The fourth-order valence-corrected chi connectivity index (χ4v) is 5.71. The Labute approximate surface area is 208 Å². The fraction of sp³-hybridized carbons (Fsp3) is 0.296. The highest BCUT2D eigenvalue weighted by atomic mass is 32.2. The number of carbonyl (C=O) groups is 1. The maximum absolute atomic E-state index is 13.2. The van der Waals surface area contributed by atoms with Gasteiger partial charge in [-0.1, -0.05) is 18.2 Å². The number of piperazine rings is 1. The smallest absolute Gasteiger partial charge is 0.264 e. The summed E-state index contributed by atoms with van der Waals surface area (Å²) in [5, 5.41) is 2.96. The van der Waals surface area contributed by atoms with Gasteiger partial charge in [0.15, 0.2) is 0 Å². The summed E-state index contributed by atoms with van der Waals surface area (Å²) in [7, 11) is -1.61. The summed E-state index contributed by atoms with van der Waals surface area (Å²) in [4.78, 5) is 17.7. The molecule has 1 amide bonds. The van der Waals surface area contributed by atoms with Crippen LogP contribution in [-0.4, -0.2) is 59.0 Å². The van der Waals surface area contributed by atoms with Gasteiger partial charge in [-0.3, -0.25) is 9.10 Å². The third-order valence-corrected chi connectivity index (χ3v) is 8.28. The number of anilines is 3. The van der Waals surface area contributed by atoms with Crippen molar-refractivity contribution in [2.75, 3.05) is 54.3 Å². The largest absolute Gasteiger partial charge is 0.369 e. The van der Waals surface area contributed by atoms with E-state index >= 15 is 0 Å². The van der Waals surface area contributed by atoms with Crippen LogP contribution in [0.4, 0.5) is 17.1 Å². The van der Waals surface area contributed by atoms with Gasteiger partial charge in [0.05, 0.1) is 10.6 Å². The zero-order valence-corrected chi connectivity index (χ0v) is 21.3. The van der Waals surface area contributed by atoms with Crippen molar-refractivity contribution in [3.05, 3.63) is 83.9 Å². The lowest BCUT2D eigenvalue weighted by Crippen LogP contribution is -2.44. The average molecular weight is 493 g/mol. The molecule has 0 atom stereocenters. The number of nitrogens with one attached hydrogen (secondary N) is 1. The van der Waals surface area contributed by atoms with Crippen molar-refractivity contribution in [1.29, 1.82) is 0 Å². The number of hydrogen-bond donors (Lipinski definition) is 1. The second-order valence-electron chi connectivity index (χ2n) is 8.77. The molecule has 4 rings (SSSR count). The summed E-state index contributed by atoms with van der Waals surface area (Å²) in [6, 6.07) is 21.1. The van der Waals surface area contributed by atoms with Gasteiger partial charge in [-0.25, -0.2) is 8.42 Å². The Morgan fingerprint density at radius 2 is 1.60 bits per heavy atom. The molecule has 0 unspecified atom stereocenters. The molecule has 1 saturated heterocycles. The van der Waals surface area contributed by atoms with Gasteiger partial charge < -0.3 is 15.1 Å². The highest BCUT2D eigenvalue weighted by molar-refractivity contribution is 7.92. The third kappa shape index (κ3) is 5.49. The van der Waals surface area contributed by atoms with E-state index in [4.69, 9.17) is 0 Å². The van der Waals surface area contributed by atoms with Crippen LogP contribution in [0.15, 0.2) is 77.7 Å². The lowest BCUT2D eigenvalue weighted by molar-refractivity contribution is 0.102. The van der Waals surface area contributed by atoms with Gasteiger partial charge in [0.1, 0.15) is 0 Å². The van der Waals surface area contributed by atoms with Crippen molar-refractivity contribution in [2.45, 2.75) is 18.7 Å². The van der Waals surface area contributed by atoms with E-state index in [1.165, 1.54) is 16.4 Å². The lowest BCUT2D eigenvalue weighted by atomic mass is 10.1. The van der Waals surface area contributed by atoms with Gasteiger partial charge in [0.25, 0.3) is 15.9 Å². The zero-order valence-electron chi connectivity index (χ0n) is 20.4. The zero-order chi connectivity index (χ0) is 25.0. The van der Waals surface area contributed by atoms with Crippen LogP contribution < -0.4 is 14.5 Å². The van der Waals surface area contributed by atoms with Gasteiger partial charge in [0, 0.05) is 49.7 Å². The topological polar surface area (TPSA) is 73.0 Å². The molecule has 0 saturated carbocycles. The predicted molar refractivity (Wildman–Crippen MR) is 142 cm³/mol. The van der Waals surface area contributed by atoms with Gasteiger partial charge in [0.2, 0.25) is 0 Å². The van der Waals surface area contributed by atoms with Crippen molar-refractivity contribution in [3.8, 4) is 0 Å². The maximum Gasteiger partial charge on any atom is 0.264 e. The first-order valence-corrected chi connectivity index (χ1v) is 13.3. The summed E-state index contributed by atoms with van der Waals surface area (Å²) in [6.07, 6.45) is 0. The van der Waals surface area contributed by atoms with E-state index in [9.17, 15) is 13.2 Å². The van der Waals surface area contributed by atoms with Crippen LogP contribution >= 0.6 is 0 Å². The van der Waals surface area contributed by atoms with Gasteiger partial charge in [-0.2, -0.15) is 0 Å². The van der Waals surface area contributed by atoms with Crippen molar-refractivity contribution in [3.63, 3.8) is 0 Å². The molecule has 184 valence electrons. The molecule has 0 aromatic heterocycles. The van der Waals surface area contributed by atoms with Crippen LogP contribution in [0.3, 0.4) is 0 Å². The van der Waals surface area contributed by atoms with Crippen molar-refractivity contribution >= 4 is 33.0 Å². The summed E-state index contributed by atoms with van der Waals surface area (Å²) in [6.45, 7) is 8.11. The number of carbonyl (C=O) groups excluding carboxylic acids is 1. The molecule has 35 heavy (non-hydrogen) atoms. The number of hydrogen-bond acceptors (Lipinski definition) is 5. The van der Waals surface area contributed by atoms with Crippen molar-refractivity contribution in [1.82, 2.24) is 4.90 Å². The normalized spacial score (nSPS) is 14.5. The molecule has 0 bridgehead atoms. The van der Waals surface area contributed by atoms with Crippen molar-refractivity contribution < 1.29 is 13.2 Å². The number of para-hydroxylation sites is 1. The van der Waals surface area contributed by atoms with E-state index in [0.29, 0.717) is 17.8 Å². The maximum atomic E-state index is 13.2.